The molecule has 20 heavy (non-hydrogen) atoms. The Morgan fingerprint density at radius 3 is 3.10 bits per heavy atom. The molecule has 1 aliphatic heterocycles. The van der Waals surface area contributed by atoms with Gasteiger partial charge in [0.05, 0.1) is 23.2 Å². The predicted molar refractivity (Wildman–Crippen MR) is 76.7 cm³/mol. The number of hydrogen-bond acceptors (Lipinski definition) is 5. The highest BCUT2D eigenvalue weighted by atomic mass is 32.1. The maximum absolute atomic E-state index is 12.1. The van der Waals surface area contributed by atoms with Crippen molar-refractivity contribution in [2.75, 3.05) is 6.61 Å². The van der Waals surface area contributed by atoms with Crippen molar-refractivity contribution >= 4 is 17.3 Å². The van der Waals surface area contributed by atoms with Crippen molar-refractivity contribution in [2.24, 2.45) is 11.3 Å². The molecule has 0 unspecified atom stereocenters. The molecular weight excluding hydrogens is 274 g/mol. The zero-order chi connectivity index (χ0) is 14.3. The number of hydrogen-bond donors (Lipinski definition) is 0. The van der Waals surface area contributed by atoms with Crippen molar-refractivity contribution in [1.82, 2.24) is 4.98 Å². The standard InChI is InChI=1S/C15H21NO3S/c1-9-16-10(8-20-9)7-12(17)19-14-11-5-4-6-18-13(11)15(14,2)3/h8,11,13-14H,4-7H2,1-3H3/t11-,13+,14-/m1/s1. The molecule has 1 saturated carbocycles. The number of ether oxygens (including phenoxy) is 2. The van der Waals surface area contributed by atoms with Gasteiger partial charge in [-0.15, -0.1) is 11.3 Å². The largest absolute Gasteiger partial charge is 0.461 e. The molecule has 0 N–H and O–H groups in total. The van der Waals surface area contributed by atoms with Gasteiger partial charge in [-0.2, -0.15) is 0 Å². The average Bonchev–Trinajstić information content (AvgIpc) is 2.81. The number of aryl methyl sites for hydroxylation is 1. The molecule has 0 radical (unpaired) electrons. The quantitative estimate of drug-likeness (QED) is 0.805. The molecule has 2 fully saturated rings. The fourth-order valence-corrected chi connectivity index (χ4v) is 4.15. The van der Waals surface area contributed by atoms with Crippen molar-refractivity contribution < 1.29 is 14.3 Å². The van der Waals surface area contributed by atoms with Crippen LogP contribution in [0.25, 0.3) is 0 Å². The highest BCUT2D eigenvalue weighted by Gasteiger charge is 2.60. The summed E-state index contributed by atoms with van der Waals surface area (Å²) in [5.41, 5.74) is 0.740. The zero-order valence-corrected chi connectivity index (χ0v) is 13.0. The molecular formula is C15H21NO3S. The predicted octanol–water partition coefficient (Wildman–Crippen LogP) is 2.74. The Labute approximate surface area is 123 Å². The van der Waals surface area contributed by atoms with Gasteiger partial charge in [0.15, 0.2) is 0 Å². The van der Waals surface area contributed by atoms with Gasteiger partial charge in [0.2, 0.25) is 0 Å². The average molecular weight is 295 g/mol. The Bertz CT molecular complexity index is 511. The van der Waals surface area contributed by atoms with Gasteiger partial charge in [0, 0.05) is 23.3 Å². The first kappa shape index (κ1) is 14.0. The third kappa shape index (κ3) is 2.37. The smallest absolute Gasteiger partial charge is 0.312 e. The van der Waals surface area contributed by atoms with Gasteiger partial charge in [-0.05, 0) is 19.8 Å². The topological polar surface area (TPSA) is 48.4 Å². The molecule has 1 saturated heterocycles. The van der Waals surface area contributed by atoms with E-state index in [2.05, 4.69) is 18.8 Å². The molecule has 0 bridgehead atoms. The van der Waals surface area contributed by atoms with Crippen LogP contribution in [-0.2, 0) is 20.7 Å². The maximum atomic E-state index is 12.1. The maximum Gasteiger partial charge on any atom is 0.312 e. The number of thiazole rings is 1. The summed E-state index contributed by atoms with van der Waals surface area (Å²) >= 11 is 1.56. The van der Waals surface area contributed by atoms with Crippen molar-refractivity contribution in [3.05, 3.63) is 16.1 Å². The minimum absolute atomic E-state index is 0.0139. The zero-order valence-electron chi connectivity index (χ0n) is 12.2. The molecule has 0 amide bonds. The summed E-state index contributed by atoms with van der Waals surface area (Å²) < 4.78 is 11.6. The van der Waals surface area contributed by atoms with E-state index in [9.17, 15) is 4.79 Å². The molecule has 1 aliphatic carbocycles. The molecule has 1 aromatic rings. The number of nitrogens with zero attached hydrogens (tertiary/aromatic N) is 1. The van der Waals surface area contributed by atoms with E-state index in [4.69, 9.17) is 9.47 Å². The summed E-state index contributed by atoms with van der Waals surface area (Å²) in [4.78, 5) is 16.4. The molecule has 2 aliphatic rings. The molecule has 3 atom stereocenters. The van der Waals surface area contributed by atoms with Gasteiger partial charge >= 0.3 is 5.97 Å². The lowest BCUT2D eigenvalue weighted by atomic mass is 9.57. The van der Waals surface area contributed by atoms with Crippen LogP contribution >= 0.6 is 11.3 Å². The molecule has 5 heteroatoms. The number of rotatable bonds is 3. The summed E-state index contributed by atoms with van der Waals surface area (Å²) in [6.07, 6.45) is 2.67. The fourth-order valence-electron chi connectivity index (χ4n) is 3.54. The highest BCUT2D eigenvalue weighted by Crippen LogP contribution is 2.52. The summed E-state index contributed by atoms with van der Waals surface area (Å²) in [6.45, 7) is 7.04. The first-order valence-corrected chi connectivity index (χ1v) is 8.08. The number of carbonyl (C=O) groups is 1. The number of aromatic nitrogens is 1. The van der Waals surface area contributed by atoms with Gasteiger partial charge in [0.1, 0.15) is 6.10 Å². The second-order valence-corrected chi connectivity index (χ2v) is 7.43. The first-order valence-electron chi connectivity index (χ1n) is 7.20. The molecule has 2 heterocycles. The Morgan fingerprint density at radius 2 is 2.40 bits per heavy atom. The van der Waals surface area contributed by atoms with E-state index < -0.39 is 0 Å². The first-order chi connectivity index (χ1) is 9.48. The van der Waals surface area contributed by atoms with Crippen molar-refractivity contribution in [3.8, 4) is 0 Å². The Kier molecular flexibility index (Phi) is 3.58. The van der Waals surface area contributed by atoms with Crippen LogP contribution in [0.2, 0.25) is 0 Å². The summed E-state index contributed by atoms with van der Waals surface area (Å²) in [6, 6.07) is 0. The van der Waals surface area contributed by atoms with E-state index in [0.29, 0.717) is 5.92 Å². The van der Waals surface area contributed by atoms with Crippen LogP contribution in [-0.4, -0.2) is 29.8 Å². The van der Waals surface area contributed by atoms with Crippen molar-refractivity contribution in [3.63, 3.8) is 0 Å². The lowest BCUT2D eigenvalue weighted by Crippen LogP contribution is -2.65. The number of esters is 1. The van der Waals surface area contributed by atoms with Gasteiger partial charge in [0.25, 0.3) is 0 Å². The van der Waals surface area contributed by atoms with Gasteiger partial charge < -0.3 is 9.47 Å². The minimum atomic E-state index is -0.169. The SMILES string of the molecule is Cc1nc(CC(=O)O[C@@H]2[C@@H]3CCCO[C@@H]3C2(C)C)cs1. The highest BCUT2D eigenvalue weighted by molar-refractivity contribution is 7.09. The van der Waals surface area contributed by atoms with Crippen LogP contribution in [0, 0.1) is 18.3 Å². The van der Waals surface area contributed by atoms with E-state index in [-0.39, 0.29) is 30.0 Å². The molecule has 0 aromatic carbocycles. The monoisotopic (exact) mass is 295 g/mol. The van der Waals surface area contributed by atoms with E-state index in [1.807, 2.05) is 12.3 Å². The van der Waals surface area contributed by atoms with Gasteiger partial charge in [-0.25, -0.2) is 4.98 Å². The minimum Gasteiger partial charge on any atom is -0.461 e. The molecule has 4 nitrogen and oxygen atoms in total. The van der Waals surface area contributed by atoms with E-state index in [1.165, 1.54) is 0 Å². The van der Waals surface area contributed by atoms with Crippen molar-refractivity contribution in [1.29, 1.82) is 0 Å². The van der Waals surface area contributed by atoms with Crippen LogP contribution in [0.4, 0.5) is 0 Å². The lowest BCUT2D eigenvalue weighted by Gasteiger charge is -2.58. The summed E-state index contributed by atoms with van der Waals surface area (Å²) in [5.74, 6) is 0.206. The lowest BCUT2D eigenvalue weighted by molar-refractivity contribution is -0.254. The normalized spacial score (nSPS) is 31.2. The summed E-state index contributed by atoms with van der Waals surface area (Å²) in [7, 11) is 0. The second-order valence-electron chi connectivity index (χ2n) is 6.36. The molecule has 3 rings (SSSR count). The van der Waals surface area contributed by atoms with Crippen LogP contribution in [0.1, 0.15) is 37.4 Å². The Hall–Kier alpha value is -0.940. The van der Waals surface area contributed by atoms with Crippen molar-refractivity contribution in [2.45, 2.75) is 52.2 Å². The van der Waals surface area contributed by atoms with Crippen LogP contribution in [0.15, 0.2) is 5.38 Å². The van der Waals surface area contributed by atoms with Crippen LogP contribution < -0.4 is 0 Å². The third-order valence-electron chi connectivity index (χ3n) is 4.47. The Balaban J connectivity index is 1.61. The van der Waals surface area contributed by atoms with Crippen LogP contribution in [0.3, 0.4) is 0 Å². The second kappa shape index (κ2) is 5.11. The fraction of sp³-hybridized carbons (Fsp3) is 0.733. The third-order valence-corrected chi connectivity index (χ3v) is 5.30. The Morgan fingerprint density at radius 1 is 1.60 bits per heavy atom. The van der Waals surface area contributed by atoms with Crippen LogP contribution in [0.5, 0.6) is 0 Å². The van der Waals surface area contributed by atoms with E-state index >= 15 is 0 Å². The molecule has 1 aromatic heterocycles. The van der Waals surface area contributed by atoms with E-state index in [1.54, 1.807) is 11.3 Å². The number of carbonyl (C=O) groups excluding carboxylic acids is 1. The molecule has 110 valence electrons. The van der Waals surface area contributed by atoms with E-state index in [0.717, 1.165) is 30.2 Å². The number of fused-ring (bicyclic) bond motifs is 1. The van der Waals surface area contributed by atoms with Gasteiger partial charge in [-0.1, -0.05) is 13.8 Å². The molecule has 0 spiro atoms. The summed E-state index contributed by atoms with van der Waals surface area (Å²) in [5, 5.41) is 2.91. The van der Waals surface area contributed by atoms with Gasteiger partial charge in [-0.3, -0.25) is 4.79 Å².